The summed E-state index contributed by atoms with van der Waals surface area (Å²) in [5.41, 5.74) is 2.38. The number of carbonyl (C=O) groups is 1. The molecule has 0 aliphatic rings. The summed E-state index contributed by atoms with van der Waals surface area (Å²) in [4.78, 5) is 16.5. The Kier molecular flexibility index (Phi) is 6.39. The summed E-state index contributed by atoms with van der Waals surface area (Å²) in [6.07, 6.45) is 1.37. The molecular formula is C18H22ClN3O3S. The van der Waals surface area contributed by atoms with Crippen LogP contribution in [-0.4, -0.2) is 36.7 Å². The minimum atomic E-state index is -3.62. The monoisotopic (exact) mass is 395 g/mol. The molecule has 0 atom stereocenters. The van der Waals surface area contributed by atoms with Gasteiger partial charge < -0.3 is 5.32 Å². The van der Waals surface area contributed by atoms with Gasteiger partial charge in [-0.25, -0.2) is 13.4 Å². The zero-order valence-electron chi connectivity index (χ0n) is 15.2. The highest BCUT2D eigenvalue weighted by Gasteiger charge is 2.23. The first kappa shape index (κ1) is 20.4. The Morgan fingerprint density at radius 2 is 1.85 bits per heavy atom. The zero-order valence-corrected chi connectivity index (χ0v) is 16.8. The van der Waals surface area contributed by atoms with Crippen LogP contribution in [0, 0.1) is 13.8 Å². The van der Waals surface area contributed by atoms with Gasteiger partial charge in [-0.05, 0) is 49.2 Å². The number of amides is 1. The number of halogens is 1. The normalized spacial score (nSPS) is 11.6. The molecule has 0 bridgehead atoms. The molecule has 140 valence electrons. The minimum absolute atomic E-state index is 0.161. The summed E-state index contributed by atoms with van der Waals surface area (Å²) in [6, 6.07) is 6.21. The topological polar surface area (TPSA) is 79.4 Å². The Morgan fingerprint density at radius 1 is 1.19 bits per heavy atom. The first-order valence-electron chi connectivity index (χ1n) is 8.25. The molecule has 0 aliphatic heterocycles. The van der Waals surface area contributed by atoms with Crippen molar-refractivity contribution in [2.24, 2.45) is 0 Å². The highest BCUT2D eigenvalue weighted by molar-refractivity contribution is 7.89. The molecule has 0 aliphatic carbocycles. The van der Waals surface area contributed by atoms with E-state index in [1.165, 1.54) is 22.6 Å². The minimum Gasteiger partial charge on any atom is -0.322 e. The maximum absolute atomic E-state index is 12.8. The van der Waals surface area contributed by atoms with Crippen LogP contribution in [0.15, 0.2) is 35.4 Å². The van der Waals surface area contributed by atoms with Gasteiger partial charge >= 0.3 is 0 Å². The van der Waals surface area contributed by atoms with Gasteiger partial charge in [0.2, 0.25) is 10.0 Å². The fraction of sp³-hybridized carbons (Fsp3) is 0.333. The average molecular weight is 396 g/mol. The molecule has 1 aromatic heterocycles. The molecule has 2 rings (SSSR count). The maximum atomic E-state index is 12.8. The van der Waals surface area contributed by atoms with E-state index in [0.29, 0.717) is 29.5 Å². The van der Waals surface area contributed by atoms with Crippen molar-refractivity contribution in [1.29, 1.82) is 0 Å². The largest absolute Gasteiger partial charge is 0.322 e. The van der Waals surface area contributed by atoms with E-state index < -0.39 is 10.0 Å². The van der Waals surface area contributed by atoms with Crippen molar-refractivity contribution in [3.05, 3.63) is 52.3 Å². The third-order valence-corrected chi connectivity index (χ3v) is 6.47. The summed E-state index contributed by atoms with van der Waals surface area (Å²) in [5, 5.41) is 3.06. The van der Waals surface area contributed by atoms with E-state index in [9.17, 15) is 13.2 Å². The van der Waals surface area contributed by atoms with Crippen LogP contribution < -0.4 is 5.32 Å². The lowest BCUT2D eigenvalue weighted by molar-refractivity contribution is 0.102. The third kappa shape index (κ3) is 4.23. The van der Waals surface area contributed by atoms with Crippen LogP contribution in [-0.2, 0) is 10.0 Å². The number of benzene rings is 1. The molecule has 0 fully saturated rings. The molecule has 26 heavy (non-hydrogen) atoms. The summed E-state index contributed by atoms with van der Waals surface area (Å²) in [6.45, 7) is 7.99. The van der Waals surface area contributed by atoms with Gasteiger partial charge in [-0.3, -0.25) is 4.79 Å². The molecule has 2 aromatic rings. The van der Waals surface area contributed by atoms with Crippen LogP contribution in [0.3, 0.4) is 0 Å². The molecule has 1 amide bonds. The third-order valence-electron chi connectivity index (χ3n) is 4.22. The second-order valence-corrected chi connectivity index (χ2v) is 8.15. The van der Waals surface area contributed by atoms with Crippen molar-refractivity contribution >= 4 is 33.2 Å². The molecule has 0 unspecified atom stereocenters. The van der Waals surface area contributed by atoms with Crippen molar-refractivity contribution in [3.8, 4) is 0 Å². The predicted octanol–water partition coefficient (Wildman–Crippen LogP) is 3.63. The molecule has 0 saturated heterocycles. The van der Waals surface area contributed by atoms with Crippen molar-refractivity contribution < 1.29 is 13.2 Å². The maximum Gasteiger partial charge on any atom is 0.257 e. The van der Waals surface area contributed by atoms with Gasteiger partial charge in [0.1, 0.15) is 5.15 Å². The van der Waals surface area contributed by atoms with Crippen LogP contribution in [0.5, 0.6) is 0 Å². The van der Waals surface area contributed by atoms with Crippen molar-refractivity contribution in [1.82, 2.24) is 9.29 Å². The number of aromatic nitrogens is 1. The van der Waals surface area contributed by atoms with Crippen molar-refractivity contribution in [2.75, 3.05) is 18.4 Å². The lowest BCUT2D eigenvalue weighted by Gasteiger charge is -2.20. The Bertz CT molecular complexity index is 908. The first-order chi connectivity index (χ1) is 12.2. The van der Waals surface area contributed by atoms with E-state index in [2.05, 4.69) is 10.3 Å². The van der Waals surface area contributed by atoms with Crippen LogP contribution in [0.2, 0.25) is 5.15 Å². The van der Waals surface area contributed by atoms with E-state index in [0.717, 1.165) is 11.1 Å². The van der Waals surface area contributed by atoms with E-state index in [-0.39, 0.29) is 10.8 Å². The lowest BCUT2D eigenvalue weighted by Crippen LogP contribution is -2.30. The molecule has 8 heteroatoms. The van der Waals surface area contributed by atoms with E-state index in [1.807, 2.05) is 13.8 Å². The highest BCUT2D eigenvalue weighted by atomic mass is 35.5. The van der Waals surface area contributed by atoms with Gasteiger partial charge in [0.05, 0.1) is 10.5 Å². The predicted molar refractivity (Wildman–Crippen MR) is 103 cm³/mol. The van der Waals surface area contributed by atoms with Crippen LogP contribution in [0.4, 0.5) is 5.69 Å². The second kappa shape index (κ2) is 8.16. The number of nitrogens with zero attached hydrogens (tertiary/aromatic N) is 2. The standard InChI is InChI=1S/C18H22ClN3O3S/c1-5-22(6-2)26(24,25)15-9-12(3)13(4)16(10-15)21-18(23)14-7-8-17(19)20-11-14/h7-11H,5-6H2,1-4H3,(H,21,23). The van der Waals surface area contributed by atoms with Gasteiger partial charge in [-0.15, -0.1) is 0 Å². The molecular weight excluding hydrogens is 374 g/mol. The molecule has 1 N–H and O–H groups in total. The number of carbonyl (C=O) groups excluding carboxylic acids is 1. The fourth-order valence-electron chi connectivity index (χ4n) is 2.52. The second-order valence-electron chi connectivity index (χ2n) is 5.83. The molecule has 0 radical (unpaired) electrons. The van der Waals surface area contributed by atoms with E-state index in [1.54, 1.807) is 26.0 Å². The SMILES string of the molecule is CCN(CC)S(=O)(=O)c1cc(C)c(C)c(NC(=O)c2ccc(Cl)nc2)c1. The number of anilines is 1. The molecule has 6 nitrogen and oxygen atoms in total. The Labute approximate surface area is 159 Å². The smallest absolute Gasteiger partial charge is 0.257 e. The summed E-state index contributed by atoms with van der Waals surface area (Å²) >= 11 is 5.74. The van der Waals surface area contributed by atoms with Gasteiger partial charge in [0.15, 0.2) is 0 Å². The van der Waals surface area contributed by atoms with E-state index in [4.69, 9.17) is 11.6 Å². The number of nitrogens with one attached hydrogen (secondary N) is 1. The van der Waals surface area contributed by atoms with E-state index >= 15 is 0 Å². The molecule has 1 heterocycles. The number of sulfonamides is 1. The quantitative estimate of drug-likeness (QED) is 0.757. The number of aryl methyl sites for hydroxylation is 1. The molecule has 0 saturated carbocycles. The number of hydrogen-bond donors (Lipinski definition) is 1. The number of rotatable bonds is 6. The summed E-state index contributed by atoms with van der Waals surface area (Å²) in [7, 11) is -3.62. The van der Waals surface area contributed by atoms with Gasteiger partial charge in [-0.2, -0.15) is 4.31 Å². The highest BCUT2D eigenvalue weighted by Crippen LogP contribution is 2.26. The van der Waals surface area contributed by atoms with Crippen LogP contribution in [0.1, 0.15) is 35.3 Å². The first-order valence-corrected chi connectivity index (χ1v) is 10.1. The average Bonchev–Trinajstić information content (AvgIpc) is 2.60. The van der Waals surface area contributed by atoms with Gasteiger partial charge in [-0.1, -0.05) is 25.4 Å². The fourth-order valence-corrected chi connectivity index (χ4v) is 4.20. The molecule has 0 spiro atoms. The van der Waals surface area contributed by atoms with Gasteiger partial charge in [0, 0.05) is 25.0 Å². The Balaban J connectivity index is 2.42. The van der Waals surface area contributed by atoms with Crippen LogP contribution in [0.25, 0.3) is 0 Å². The van der Waals surface area contributed by atoms with Crippen molar-refractivity contribution in [3.63, 3.8) is 0 Å². The van der Waals surface area contributed by atoms with Crippen molar-refractivity contribution in [2.45, 2.75) is 32.6 Å². The number of pyridine rings is 1. The lowest BCUT2D eigenvalue weighted by atomic mass is 10.1. The molecule has 1 aromatic carbocycles. The van der Waals surface area contributed by atoms with Gasteiger partial charge in [0.25, 0.3) is 5.91 Å². The zero-order chi connectivity index (χ0) is 19.5. The van der Waals surface area contributed by atoms with Crippen LogP contribution >= 0.6 is 11.6 Å². The Morgan fingerprint density at radius 3 is 2.38 bits per heavy atom. The summed E-state index contributed by atoms with van der Waals surface area (Å²) in [5.74, 6) is -0.381. The summed E-state index contributed by atoms with van der Waals surface area (Å²) < 4.78 is 27.0. The number of hydrogen-bond acceptors (Lipinski definition) is 4. The Hall–Kier alpha value is -1.96.